The average Bonchev–Trinajstić information content (AvgIpc) is 2.54. The third-order valence-corrected chi connectivity index (χ3v) is 8.10. The number of ether oxygens (including phenoxy) is 1. The van der Waals surface area contributed by atoms with Gasteiger partial charge in [0.25, 0.3) is 0 Å². The van der Waals surface area contributed by atoms with Crippen LogP contribution in [0.3, 0.4) is 0 Å². The molecule has 2 fully saturated rings. The first-order chi connectivity index (χ1) is 10.9. The van der Waals surface area contributed by atoms with Crippen molar-refractivity contribution in [3.8, 4) is 0 Å². The topological polar surface area (TPSA) is 46.5 Å². The van der Waals surface area contributed by atoms with E-state index in [0.717, 1.165) is 38.5 Å². The van der Waals surface area contributed by atoms with Gasteiger partial charge in [-0.05, 0) is 31.6 Å². The average molecular weight is 341 g/mol. The number of carbonyl (C=O) groups excluding carboxylic acids is 1. The van der Waals surface area contributed by atoms with Crippen LogP contribution in [0.2, 0.25) is 19.6 Å². The summed E-state index contributed by atoms with van der Waals surface area (Å²) in [6.45, 7) is 6.75. The molecule has 0 aromatic rings. The number of esters is 1. The molecule has 2 aliphatic carbocycles. The minimum Gasteiger partial charge on any atom is -0.466 e. The fourth-order valence-electron chi connectivity index (χ4n) is 4.08. The van der Waals surface area contributed by atoms with E-state index in [1.54, 1.807) is 0 Å². The monoisotopic (exact) mass is 340 g/mol. The van der Waals surface area contributed by atoms with E-state index >= 15 is 0 Å². The normalized spacial score (nSPS) is 24.2. The van der Waals surface area contributed by atoms with Gasteiger partial charge in [0.05, 0.1) is 25.8 Å². The van der Waals surface area contributed by atoms with Gasteiger partial charge in [-0.3, -0.25) is 4.79 Å². The lowest BCUT2D eigenvalue weighted by atomic mass is 9.84. The van der Waals surface area contributed by atoms with E-state index in [0.29, 0.717) is 12.3 Å². The van der Waals surface area contributed by atoms with E-state index in [-0.39, 0.29) is 23.7 Å². The third kappa shape index (κ3) is 5.90. The van der Waals surface area contributed by atoms with Gasteiger partial charge in [0.15, 0.2) is 0 Å². The molecular weight excluding hydrogens is 304 g/mol. The fourth-order valence-corrected chi connectivity index (χ4v) is 5.50. The minimum absolute atomic E-state index is 0.00738. The van der Waals surface area contributed by atoms with Crippen LogP contribution in [0.4, 0.5) is 0 Å². The molecule has 0 aromatic heterocycles. The molecule has 0 aliphatic heterocycles. The summed E-state index contributed by atoms with van der Waals surface area (Å²) in [5, 5.41) is 10.7. The zero-order chi connectivity index (χ0) is 16.9. The van der Waals surface area contributed by atoms with E-state index in [9.17, 15) is 9.90 Å². The summed E-state index contributed by atoms with van der Waals surface area (Å²) in [6, 6.07) is 0. The Bertz CT molecular complexity index is 365. The fraction of sp³-hybridized carbons (Fsp3) is 0.947. The molecule has 23 heavy (non-hydrogen) atoms. The van der Waals surface area contributed by atoms with Gasteiger partial charge in [0, 0.05) is 6.42 Å². The first-order valence-corrected chi connectivity index (χ1v) is 13.3. The largest absolute Gasteiger partial charge is 0.466 e. The molecule has 0 amide bonds. The van der Waals surface area contributed by atoms with Crippen molar-refractivity contribution in [1.29, 1.82) is 0 Å². The second-order valence-corrected chi connectivity index (χ2v) is 14.2. The summed E-state index contributed by atoms with van der Waals surface area (Å²) in [4.78, 5) is 12.5. The lowest BCUT2D eigenvalue weighted by molar-refractivity contribution is -0.153. The number of carbonyl (C=O) groups is 1. The van der Waals surface area contributed by atoms with Gasteiger partial charge in [0.1, 0.15) is 0 Å². The molecule has 0 unspecified atom stereocenters. The molecule has 0 radical (unpaired) electrons. The number of aliphatic hydroxyl groups is 1. The zero-order valence-corrected chi connectivity index (χ0v) is 16.4. The van der Waals surface area contributed by atoms with Crippen LogP contribution in [-0.2, 0) is 9.53 Å². The van der Waals surface area contributed by atoms with Crippen molar-refractivity contribution in [3.63, 3.8) is 0 Å². The van der Waals surface area contributed by atoms with Gasteiger partial charge in [-0.2, -0.15) is 0 Å². The summed E-state index contributed by atoms with van der Waals surface area (Å²) < 4.78 is 5.98. The van der Waals surface area contributed by atoms with Crippen LogP contribution in [0.15, 0.2) is 0 Å². The lowest BCUT2D eigenvalue weighted by Crippen LogP contribution is -2.46. The Morgan fingerprint density at radius 3 is 2.04 bits per heavy atom. The Labute approximate surface area is 143 Å². The second-order valence-electron chi connectivity index (χ2n) is 8.83. The number of aliphatic hydroxyl groups excluding tert-OH is 1. The molecule has 0 heterocycles. The Balaban J connectivity index is 1.92. The molecule has 0 spiro atoms. The van der Waals surface area contributed by atoms with Crippen molar-refractivity contribution >= 4 is 14.0 Å². The quantitative estimate of drug-likeness (QED) is 0.564. The highest BCUT2D eigenvalue weighted by Crippen LogP contribution is 2.31. The van der Waals surface area contributed by atoms with Crippen LogP contribution in [-0.4, -0.2) is 31.0 Å². The summed E-state index contributed by atoms with van der Waals surface area (Å²) in [5.41, 5.74) is -0.0474. The maximum atomic E-state index is 12.5. The molecule has 4 heteroatoms. The van der Waals surface area contributed by atoms with Crippen molar-refractivity contribution in [2.24, 2.45) is 11.8 Å². The van der Waals surface area contributed by atoms with Crippen LogP contribution < -0.4 is 0 Å². The highest BCUT2D eigenvalue weighted by molar-refractivity contribution is 6.77. The van der Waals surface area contributed by atoms with Gasteiger partial charge in [-0.15, -0.1) is 0 Å². The van der Waals surface area contributed by atoms with Gasteiger partial charge in [0.2, 0.25) is 0 Å². The molecule has 134 valence electrons. The smallest absolute Gasteiger partial charge is 0.308 e. The first-order valence-electron chi connectivity index (χ1n) is 9.76. The van der Waals surface area contributed by atoms with E-state index in [1.165, 1.54) is 25.7 Å². The van der Waals surface area contributed by atoms with Crippen molar-refractivity contribution in [2.45, 2.75) is 102 Å². The first kappa shape index (κ1) is 19.0. The van der Waals surface area contributed by atoms with Crippen LogP contribution >= 0.6 is 0 Å². The molecule has 0 aromatic carbocycles. The van der Waals surface area contributed by atoms with Crippen molar-refractivity contribution in [1.82, 2.24) is 0 Å². The van der Waals surface area contributed by atoms with E-state index < -0.39 is 8.07 Å². The Kier molecular flexibility index (Phi) is 7.14. The highest BCUT2D eigenvalue weighted by Gasteiger charge is 2.36. The lowest BCUT2D eigenvalue weighted by Gasteiger charge is -2.35. The molecule has 2 aliphatic rings. The van der Waals surface area contributed by atoms with Gasteiger partial charge >= 0.3 is 5.97 Å². The maximum Gasteiger partial charge on any atom is 0.308 e. The third-order valence-electron chi connectivity index (χ3n) is 5.81. The van der Waals surface area contributed by atoms with E-state index in [1.807, 2.05) is 0 Å². The van der Waals surface area contributed by atoms with Gasteiger partial charge in [-0.1, -0.05) is 58.2 Å². The predicted molar refractivity (Wildman–Crippen MR) is 97.0 cm³/mol. The van der Waals surface area contributed by atoms with Crippen LogP contribution in [0.1, 0.15) is 70.6 Å². The molecular formula is C19H36O3Si. The van der Waals surface area contributed by atoms with Crippen molar-refractivity contribution in [2.75, 3.05) is 0 Å². The van der Waals surface area contributed by atoms with Crippen molar-refractivity contribution in [3.05, 3.63) is 0 Å². The molecule has 0 saturated heterocycles. The van der Waals surface area contributed by atoms with Gasteiger partial charge in [-0.25, -0.2) is 0 Å². The second kappa shape index (κ2) is 8.66. The summed E-state index contributed by atoms with van der Waals surface area (Å²) in [7, 11) is -1.64. The van der Waals surface area contributed by atoms with Gasteiger partial charge < -0.3 is 9.84 Å². The molecule has 2 saturated carbocycles. The Morgan fingerprint density at radius 1 is 1.00 bits per heavy atom. The molecule has 2 rings (SSSR count). The SMILES string of the molecule is C[Si](C)(C)[C@H](C[C@H](O)C1CCCCC1)OC(=O)C1CCCCC1. The van der Waals surface area contributed by atoms with E-state index in [2.05, 4.69) is 19.6 Å². The highest BCUT2D eigenvalue weighted by atomic mass is 28.3. The number of hydrogen-bond acceptors (Lipinski definition) is 3. The van der Waals surface area contributed by atoms with E-state index in [4.69, 9.17) is 4.74 Å². The zero-order valence-electron chi connectivity index (χ0n) is 15.4. The predicted octanol–water partition coefficient (Wildman–Crippen LogP) is 4.69. The molecule has 3 nitrogen and oxygen atoms in total. The minimum atomic E-state index is -1.64. The van der Waals surface area contributed by atoms with Crippen molar-refractivity contribution < 1.29 is 14.6 Å². The molecule has 2 atom stereocenters. The van der Waals surface area contributed by atoms with Crippen LogP contribution in [0.25, 0.3) is 0 Å². The summed E-state index contributed by atoms with van der Waals surface area (Å²) in [6.07, 6.45) is 11.9. The number of rotatable bonds is 6. The maximum absolute atomic E-state index is 12.5. The molecule has 0 bridgehead atoms. The Hall–Kier alpha value is -0.353. The van der Waals surface area contributed by atoms with Crippen LogP contribution in [0, 0.1) is 11.8 Å². The standard InChI is InChI=1S/C19H36O3Si/c1-23(2,3)18(14-17(20)15-10-6-4-7-11-15)22-19(21)16-12-8-5-9-13-16/h15-18,20H,4-14H2,1-3H3/t17-,18+/m0/s1. The number of hydrogen-bond donors (Lipinski definition) is 1. The molecule has 1 N–H and O–H groups in total. The summed E-state index contributed by atoms with van der Waals surface area (Å²) >= 11 is 0. The summed E-state index contributed by atoms with van der Waals surface area (Å²) in [5.74, 6) is 0.526. The van der Waals surface area contributed by atoms with Crippen LogP contribution in [0.5, 0.6) is 0 Å². The Morgan fingerprint density at radius 2 is 1.52 bits per heavy atom.